The van der Waals surface area contributed by atoms with E-state index in [1.54, 1.807) is 7.28 Å². The minimum atomic E-state index is 1.00. The van der Waals surface area contributed by atoms with Crippen molar-refractivity contribution in [3.8, 4) is 0 Å². The lowest BCUT2D eigenvalue weighted by atomic mass is 9.48. The van der Waals surface area contributed by atoms with Crippen LogP contribution in [0.4, 0.5) is 0 Å². The molecule has 2 unspecified atom stereocenters. The average Bonchev–Trinajstić information content (AvgIpc) is 3.03. The molecule has 0 aromatic carbocycles. The maximum atomic E-state index is 3.80. The second kappa shape index (κ2) is 10.9. The van der Waals surface area contributed by atoms with Crippen LogP contribution in [0.5, 0.6) is 0 Å². The molecule has 3 aliphatic rings. The number of rotatable bonds is 3. The Hall–Kier alpha value is 0.0249. The minimum Gasteiger partial charge on any atom is -0.317 e. The molecule has 0 aromatic rings. The normalized spacial score (nSPS) is 32.8. The highest BCUT2D eigenvalue weighted by Gasteiger charge is 2.35. The summed E-state index contributed by atoms with van der Waals surface area (Å²) in [5, 5.41) is 3.80. The summed E-state index contributed by atoms with van der Waals surface area (Å²) in [6.07, 6.45) is 24.2. The summed E-state index contributed by atoms with van der Waals surface area (Å²) >= 11 is 0. The van der Waals surface area contributed by atoms with Gasteiger partial charge in [0, 0.05) is 0 Å². The zero-order valence-electron chi connectivity index (χ0n) is 16.2. The third-order valence-corrected chi connectivity index (χ3v) is 7.51. The molecule has 2 saturated carbocycles. The Balaban J connectivity index is 1.52. The standard InChI is InChI=1S/C22H42BN/c1-2-5-9-13-19(14-10-6-3-1)21-17-24-18-22(21)23-20-15-11-7-4-8-12-16-20/h19-24H,1-18H2. The number of nitrogens with one attached hydrogen (secondary N) is 1. The third kappa shape index (κ3) is 6.08. The van der Waals surface area contributed by atoms with Gasteiger partial charge >= 0.3 is 0 Å². The van der Waals surface area contributed by atoms with Gasteiger partial charge in [-0.25, -0.2) is 0 Å². The van der Waals surface area contributed by atoms with Crippen molar-refractivity contribution in [3.05, 3.63) is 0 Å². The van der Waals surface area contributed by atoms with Crippen molar-refractivity contribution in [2.45, 2.75) is 114 Å². The van der Waals surface area contributed by atoms with Crippen LogP contribution in [0, 0.1) is 11.8 Å². The maximum absolute atomic E-state index is 3.80. The quantitative estimate of drug-likeness (QED) is 0.616. The molecule has 24 heavy (non-hydrogen) atoms. The second-order valence-corrected chi connectivity index (χ2v) is 9.34. The third-order valence-electron chi connectivity index (χ3n) is 7.51. The molecular formula is C22H42BN. The van der Waals surface area contributed by atoms with E-state index >= 15 is 0 Å². The molecular weight excluding hydrogens is 289 g/mol. The van der Waals surface area contributed by atoms with E-state index in [2.05, 4.69) is 5.32 Å². The van der Waals surface area contributed by atoms with Gasteiger partial charge in [-0.2, -0.15) is 0 Å². The fourth-order valence-corrected chi connectivity index (χ4v) is 6.04. The van der Waals surface area contributed by atoms with Crippen LogP contribution in [0.2, 0.25) is 11.6 Å². The largest absolute Gasteiger partial charge is 0.317 e. The molecule has 0 radical (unpaired) electrons. The molecule has 1 aliphatic heterocycles. The lowest BCUT2D eigenvalue weighted by molar-refractivity contribution is 0.286. The van der Waals surface area contributed by atoms with Gasteiger partial charge in [0.15, 0.2) is 0 Å². The monoisotopic (exact) mass is 331 g/mol. The first kappa shape index (κ1) is 18.8. The Morgan fingerprint density at radius 2 is 1.04 bits per heavy atom. The van der Waals surface area contributed by atoms with Gasteiger partial charge in [0.2, 0.25) is 0 Å². The van der Waals surface area contributed by atoms with Gasteiger partial charge in [-0.1, -0.05) is 109 Å². The zero-order valence-corrected chi connectivity index (χ0v) is 16.2. The fraction of sp³-hybridized carbons (Fsp3) is 1.00. The molecule has 0 amide bonds. The van der Waals surface area contributed by atoms with Crippen molar-refractivity contribution in [2.24, 2.45) is 11.8 Å². The van der Waals surface area contributed by atoms with Gasteiger partial charge in [0.25, 0.3) is 0 Å². The van der Waals surface area contributed by atoms with E-state index in [1.165, 1.54) is 116 Å². The Kier molecular flexibility index (Phi) is 8.53. The zero-order chi connectivity index (χ0) is 16.5. The maximum Gasteiger partial charge on any atom is 0.129 e. The van der Waals surface area contributed by atoms with Crippen molar-refractivity contribution in [1.82, 2.24) is 5.32 Å². The summed E-state index contributed by atoms with van der Waals surface area (Å²) in [6, 6.07) is 0. The lowest BCUT2D eigenvalue weighted by Crippen LogP contribution is -2.25. The predicted octanol–water partition coefficient (Wildman–Crippen LogP) is 6.10. The van der Waals surface area contributed by atoms with E-state index in [0.29, 0.717) is 0 Å². The van der Waals surface area contributed by atoms with Gasteiger partial charge in [0.1, 0.15) is 7.28 Å². The molecule has 3 rings (SSSR count). The Labute approximate surface area is 152 Å². The van der Waals surface area contributed by atoms with Crippen molar-refractivity contribution in [1.29, 1.82) is 0 Å². The summed E-state index contributed by atoms with van der Waals surface area (Å²) in [6.45, 7) is 2.67. The van der Waals surface area contributed by atoms with Gasteiger partial charge < -0.3 is 5.32 Å². The van der Waals surface area contributed by atoms with Crippen LogP contribution in [0.25, 0.3) is 0 Å². The van der Waals surface area contributed by atoms with E-state index < -0.39 is 0 Å². The smallest absolute Gasteiger partial charge is 0.129 e. The second-order valence-electron chi connectivity index (χ2n) is 9.34. The molecule has 2 aliphatic carbocycles. The minimum absolute atomic E-state index is 1.00. The van der Waals surface area contributed by atoms with Gasteiger partial charge in [0.05, 0.1) is 0 Å². The summed E-state index contributed by atoms with van der Waals surface area (Å²) in [7, 11) is 1.55. The Morgan fingerprint density at radius 1 is 0.542 bits per heavy atom. The SMILES string of the molecule is B(C1CCCCCCC1)C1CNCC1C1CCCCCCCCC1. The van der Waals surface area contributed by atoms with Gasteiger partial charge in [-0.3, -0.25) is 0 Å². The van der Waals surface area contributed by atoms with Crippen LogP contribution < -0.4 is 5.32 Å². The Bertz CT molecular complexity index is 314. The van der Waals surface area contributed by atoms with E-state index in [-0.39, 0.29) is 0 Å². The van der Waals surface area contributed by atoms with Gasteiger partial charge in [-0.15, -0.1) is 0 Å². The predicted molar refractivity (Wildman–Crippen MR) is 108 cm³/mol. The van der Waals surface area contributed by atoms with E-state index in [0.717, 1.165) is 23.5 Å². The molecule has 3 fully saturated rings. The molecule has 1 saturated heterocycles. The summed E-state index contributed by atoms with van der Waals surface area (Å²) in [5.41, 5.74) is 0. The topological polar surface area (TPSA) is 12.0 Å². The molecule has 0 spiro atoms. The first-order valence-electron chi connectivity index (χ1n) is 11.6. The first-order valence-corrected chi connectivity index (χ1v) is 11.6. The van der Waals surface area contributed by atoms with Crippen molar-refractivity contribution in [2.75, 3.05) is 13.1 Å². The molecule has 1 nitrogen and oxygen atoms in total. The average molecular weight is 331 g/mol. The summed E-state index contributed by atoms with van der Waals surface area (Å²) < 4.78 is 0. The highest BCUT2D eigenvalue weighted by atomic mass is 14.9. The van der Waals surface area contributed by atoms with Crippen LogP contribution in [-0.4, -0.2) is 20.4 Å². The van der Waals surface area contributed by atoms with Crippen LogP contribution in [-0.2, 0) is 0 Å². The van der Waals surface area contributed by atoms with Crippen LogP contribution in [0.3, 0.4) is 0 Å². The molecule has 1 N–H and O–H groups in total. The number of hydrogen-bond acceptors (Lipinski definition) is 1. The fourth-order valence-electron chi connectivity index (χ4n) is 6.04. The highest BCUT2D eigenvalue weighted by Crippen LogP contribution is 2.39. The molecule has 0 bridgehead atoms. The highest BCUT2D eigenvalue weighted by molar-refractivity contribution is 6.40. The molecule has 0 aromatic heterocycles. The van der Waals surface area contributed by atoms with Crippen molar-refractivity contribution < 1.29 is 0 Å². The van der Waals surface area contributed by atoms with E-state index in [9.17, 15) is 0 Å². The molecule has 138 valence electrons. The van der Waals surface area contributed by atoms with Crippen LogP contribution in [0.1, 0.15) is 103 Å². The van der Waals surface area contributed by atoms with E-state index in [1.807, 2.05) is 0 Å². The Morgan fingerprint density at radius 3 is 1.62 bits per heavy atom. The van der Waals surface area contributed by atoms with E-state index in [4.69, 9.17) is 0 Å². The summed E-state index contributed by atoms with van der Waals surface area (Å²) in [4.78, 5) is 0. The molecule has 2 atom stereocenters. The van der Waals surface area contributed by atoms with Crippen LogP contribution in [0.15, 0.2) is 0 Å². The number of hydrogen-bond donors (Lipinski definition) is 1. The first-order chi connectivity index (χ1) is 11.9. The van der Waals surface area contributed by atoms with Crippen LogP contribution >= 0.6 is 0 Å². The van der Waals surface area contributed by atoms with Crippen molar-refractivity contribution >= 4 is 7.28 Å². The van der Waals surface area contributed by atoms with Gasteiger partial charge in [-0.05, 0) is 30.7 Å². The lowest BCUT2D eigenvalue weighted by Gasteiger charge is -2.31. The summed E-state index contributed by atoms with van der Waals surface area (Å²) in [5.74, 6) is 4.10. The van der Waals surface area contributed by atoms with Crippen molar-refractivity contribution in [3.63, 3.8) is 0 Å². The molecule has 2 heteroatoms. The molecule has 1 heterocycles.